The lowest BCUT2D eigenvalue weighted by Gasteiger charge is -2.26. The first-order valence-corrected chi connectivity index (χ1v) is 10.3. The number of halogens is 3. The zero-order chi connectivity index (χ0) is 12.6. The van der Waals surface area contributed by atoms with E-state index in [4.69, 9.17) is 0 Å². The van der Waals surface area contributed by atoms with Crippen LogP contribution in [0.5, 0.6) is 0 Å². The lowest BCUT2D eigenvalue weighted by molar-refractivity contribution is 0.537. The molecule has 2 atom stereocenters. The summed E-state index contributed by atoms with van der Waals surface area (Å²) >= 11 is 12.0. The Bertz CT molecular complexity index is 510. The van der Waals surface area contributed by atoms with Gasteiger partial charge in [-0.1, -0.05) is 22.4 Å². The van der Waals surface area contributed by atoms with Crippen molar-refractivity contribution in [2.45, 2.75) is 29.3 Å². The van der Waals surface area contributed by atoms with Gasteiger partial charge in [0.1, 0.15) is 0 Å². The largest absolute Gasteiger partial charge is 0.228 e. The molecule has 0 saturated carbocycles. The zero-order valence-electron chi connectivity index (χ0n) is 8.83. The van der Waals surface area contributed by atoms with Crippen molar-refractivity contribution < 1.29 is 8.42 Å². The number of hydrogen-bond donors (Lipinski definition) is 0. The van der Waals surface area contributed by atoms with Gasteiger partial charge in [-0.25, -0.2) is 8.42 Å². The minimum absolute atomic E-state index is 0.121. The van der Waals surface area contributed by atoms with Gasteiger partial charge < -0.3 is 0 Å². The molecule has 0 aromatic carbocycles. The van der Waals surface area contributed by atoms with Crippen molar-refractivity contribution in [2.24, 2.45) is 0 Å². The van der Waals surface area contributed by atoms with Crippen molar-refractivity contribution in [1.82, 2.24) is 0 Å². The summed E-state index contributed by atoms with van der Waals surface area (Å²) in [4.78, 5) is -0.121. The van der Waals surface area contributed by atoms with Crippen LogP contribution in [0.1, 0.15) is 29.7 Å². The second-order valence-electron chi connectivity index (χ2n) is 4.08. The topological polar surface area (TPSA) is 34.1 Å². The smallest absolute Gasteiger partial charge is 0.154 e. The molecule has 1 aliphatic rings. The first kappa shape index (κ1) is 14.5. The van der Waals surface area contributed by atoms with Crippen molar-refractivity contribution in [3.63, 3.8) is 0 Å². The monoisotopic (exact) mass is 464 g/mol. The van der Waals surface area contributed by atoms with Crippen LogP contribution in [0.4, 0.5) is 0 Å². The predicted octanol–water partition coefficient (Wildman–Crippen LogP) is 4.68. The molecule has 2 heterocycles. The molecule has 0 aliphatic carbocycles. The standard InChI is InChI=1S/C10H11Br3O2S2/c11-8-5-6(10(13)16-8)9(12)7-3-1-2-4-17(7,14)15/h5,7,9H,1-4H2. The van der Waals surface area contributed by atoms with Gasteiger partial charge in [-0.2, -0.15) is 0 Å². The molecular weight excluding hydrogens is 456 g/mol. The highest BCUT2D eigenvalue weighted by molar-refractivity contribution is 9.12. The maximum Gasteiger partial charge on any atom is 0.154 e. The average molecular weight is 467 g/mol. The van der Waals surface area contributed by atoms with Crippen molar-refractivity contribution in [3.8, 4) is 0 Å². The molecule has 0 amide bonds. The Balaban J connectivity index is 2.31. The van der Waals surface area contributed by atoms with Gasteiger partial charge in [0.15, 0.2) is 9.84 Å². The van der Waals surface area contributed by atoms with Crippen molar-refractivity contribution in [1.29, 1.82) is 0 Å². The Hall–Kier alpha value is 1.09. The van der Waals surface area contributed by atoms with E-state index in [1.165, 1.54) is 0 Å². The van der Waals surface area contributed by atoms with Crippen LogP contribution in [0.15, 0.2) is 13.6 Å². The third-order valence-electron chi connectivity index (χ3n) is 2.94. The van der Waals surface area contributed by atoms with Crippen LogP contribution < -0.4 is 0 Å². The van der Waals surface area contributed by atoms with E-state index in [0.29, 0.717) is 5.75 Å². The molecule has 17 heavy (non-hydrogen) atoms. The fourth-order valence-electron chi connectivity index (χ4n) is 2.05. The molecule has 0 bridgehead atoms. The third kappa shape index (κ3) is 3.16. The first-order chi connectivity index (χ1) is 7.92. The Labute approximate surface area is 130 Å². The van der Waals surface area contributed by atoms with Crippen LogP contribution in [0, 0.1) is 0 Å². The van der Waals surface area contributed by atoms with E-state index in [9.17, 15) is 8.42 Å². The van der Waals surface area contributed by atoms with Gasteiger partial charge in [0.2, 0.25) is 0 Å². The highest BCUT2D eigenvalue weighted by atomic mass is 79.9. The first-order valence-electron chi connectivity index (χ1n) is 5.22. The molecule has 1 aromatic heterocycles. The van der Waals surface area contributed by atoms with E-state index in [-0.39, 0.29) is 10.1 Å². The summed E-state index contributed by atoms with van der Waals surface area (Å²) in [6.45, 7) is 0. The molecule has 0 N–H and O–H groups in total. The second kappa shape index (κ2) is 5.61. The van der Waals surface area contributed by atoms with Gasteiger partial charge in [0.05, 0.1) is 23.4 Å². The van der Waals surface area contributed by atoms with Crippen LogP contribution in [0.25, 0.3) is 0 Å². The van der Waals surface area contributed by atoms with Gasteiger partial charge >= 0.3 is 0 Å². The number of hydrogen-bond acceptors (Lipinski definition) is 3. The number of sulfone groups is 1. The molecule has 2 nitrogen and oxygen atoms in total. The number of rotatable bonds is 2. The summed E-state index contributed by atoms with van der Waals surface area (Å²) in [6.07, 6.45) is 2.54. The third-order valence-corrected chi connectivity index (χ3v) is 9.09. The Kier molecular flexibility index (Phi) is 4.78. The van der Waals surface area contributed by atoms with Crippen molar-refractivity contribution in [2.75, 3.05) is 5.75 Å². The predicted molar refractivity (Wildman–Crippen MR) is 82.8 cm³/mol. The average Bonchev–Trinajstić information content (AvgIpc) is 2.56. The van der Waals surface area contributed by atoms with E-state index in [1.54, 1.807) is 11.3 Å². The van der Waals surface area contributed by atoms with Gasteiger partial charge in [0, 0.05) is 0 Å². The number of alkyl halides is 1. The molecule has 1 aromatic rings. The Morgan fingerprint density at radius 1 is 1.35 bits per heavy atom. The molecule has 0 radical (unpaired) electrons. The molecule has 2 rings (SSSR count). The second-order valence-corrected chi connectivity index (χ2v) is 11.2. The molecule has 96 valence electrons. The zero-order valence-corrected chi connectivity index (χ0v) is 15.2. The molecule has 7 heteroatoms. The summed E-state index contributed by atoms with van der Waals surface area (Å²) in [5.41, 5.74) is 1.03. The lowest BCUT2D eigenvalue weighted by atomic mass is 10.1. The van der Waals surface area contributed by atoms with Gasteiger partial charge in [-0.05, 0) is 56.3 Å². The van der Waals surface area contributed by atoms with E-state index in [0.717, 1.165) is 32.4 Å². The van der Waals surface area contributed by atoms with Crippen molar-refractivity contribution >= 4 is 69.0 Å². The normalized spacial score (nSPS) is 25.7. The maximum absolute atomic E-state index is 12.1. The van der Waals surface area contributed by atoms with Crippen LogP contribution >= 0.6 is 59.1 Å². The molecular formula is C10H11Br3O2S2. The quantitative estimate of drug-likeness (QED) is 0.593. The van der Waals surface area contributed by atoms with Crippen LogP contribution in [-0.4, -0.2) is 19.4 Å². The molecule has 1 fully saturated rings. The SMILES string of the molecule is O=S1(=O)CCCCC1C(Br)c1cc(Br)sc1Br. The van der Waals surface area contributed by atoms with E-state index >= 15 is 0 Å². The minimum atomic E-state index is -2.96. The van der Waals surface area contributed by atoms with E-state index < -0.39 is 9.84 Å². The highest BCUT2D eigenvalue weighted by Crippen LogP contribution is 2.44. The summed E-state index contributed by atoms with van der Waals surface area (Å²) in [7, 11) is -2.96. The molecule has 0 spiro atoms. The molecule has 1 saturated heterocycles. The number of thiophene rings is 1. The molecule has 2 unspecified atom stereocenters. The fourth-order valence-corrected chi connectivity index (χ4v) is 8.99. The van der Waals surface area contributed by atoms with Gasteiger partial charge in [0.25, 0.3) is 0 Å². The Morgan fingerprint density at radius 3 is 2.59 bits per heavy atom. The Morgan fingerprint density at radius 2 is 2.06 bits per heavy atom. The van der Waals surface area contributed by atoms with Gasteiger partial charge in [-0.15, -0.1) is 11.3 Å². The summed E-state index contributed by atoms with van der Waals surface area (Å²) < 4.78 is 26.1. The molecule has 1 aliphatic heterocycles. The van der Waals surface area contributed by atoms with Crippen LogP contribution in [-0.2, 0) is 9.84 Å². The van der Waals surface area contributed by atoms with Crippen LogP contribution in [0.2, 0.25) is 0 Å². The summed E-state index contributed by atoms with van der Waals surface area (Å²) in [5, 5.41) is -0.297. The minimum Gasteiger partial charge on any atom is -0.228 e. The summed E-state index contributed by atoms with van der Waals surface area (Å²) in [5.74, 6) is 0.322. The van der Waals surface area contributed by atoms with Crippen molar-refractivity contribution in [3.05, 3.63) is 19.2 Å². The van der Waals surface area contributed by atoms with E-state index in [2.05, 4.69) is 47.8 Å². The summed E-state index contributed by atoms with van der Waals surface area (Å²) in [6, 6.07) is 1.98. The fraction of sp³-hybridized carbons (Fsp3) is 0.600. The highest BCUT2D eigenvalue weighted by Gasteiger charge is 2.36. The van der Waals surface area contributed by atoms with Crippen LogP contribution in [0.3, 0.4) is 0 Å². The van der Waals surface area contributed by atoms with Gasteiger partial charge in [-0.3, -0.25) is 0 Å². The maximum atomic E-state index is 12.1. The lowest BCUT2D eigenvalue weighted by Crippen LogP contribution is -2.31. The van der Waals surface area contributed by atoms with E-state index in [1.807, 2.05) is 6.07 Å².